The highest BCUT2D eigenvalue weighted by Gasteiger charge is 2.14. The van der Waals surface area contributed by atoms with Crippen molar-refractivity contribution < 1.29 is 14.1 Å². The first-order valence-electron chi connectivity index (χ1n) is 8.19. The van der Waals surface area contributed by atoms with Crippen LogP contribution < -0.4 is 11.1 Å². The fourth-order valence-electron chi connectivity index (χ4n) is 2.67. The Kier molecular flexibility index (Phi) is 5.27. The number of nitrogens with zero attached hydrogens (tertiary/aromatic N) is 2. The average molecular weight is 390 g/mol. The number of halogens is 1. The van der Waals surface area contributed by atoms with Crippen molar-refractivity contribution in [1.29, 1.82) is 0 Å². The number of hydrogen-bond acceptors (Lipinski definition) is 5. The van der Waals surface area contributed by atoms with Crippen molar-refractivity contribution in [2.24, 2.45) is 0 Å². The fourth-order valence-corrected chi connectivity index (χ4v) is 2.85. The third-order valence-corrected chi connectivity index (χ3v) is 4.51. The summed E-state index contributed by atoms with van der Waals surface area (Å²) in [6.45, 7) is 2.13. The topological polar surface area (TPSA) is 107 Å². The summed E-state index contributed by atoms with van der Waals surface area (Å²) in [6.07, 6.45) is 0.592. The number of benzene rings is 2. The molecule has 0 radical (unpaired) electrons. The van der Waals surface area contributed by atoms with Crippen LogP contribution in [0, 0.1) is 17.0 Å². The molecule has 27 heavy (non-hydrogen) atoms. The smallest absolute Gasteiger partial charge is 0.407 e. The Labute approximate surface area is 158 Å². The monoisotopic (exact) mass is 389 g/mol. The van der Waals surface area contributed by atoms with Crippen LogP contribution in [0.1, 0.15) is 18.4 Å². The molecule has 0 atom stereocenters. The molecule has 1 heterocycles. The predicted molar refractivity (Wildman–Crippen MR) is 101 cm³/mol. The Balaban J connectivity index is 1.64. The second-order valence-corrected chi connectivity index (χ2v) is 6.45. The number of rotatable bonds is 6. The van der Waals surface area contributed by atoms with Crippen molar-refractivity contribution in [1.82, 2.24) is 4.57 Å². The van der Waals surface area contributed by atoms with Crippen molar-refractivity contribution in [2.45, 2.75) is 26.3 Å². The van der Waals surface area contributed by atoms with Crippen molar-refractivity contribution in [3.63, 3.8) is 0 Å². The zero-order valence-electron chi connectivity index (χ0n) is 14.4. The van der Waals surface area contributed by atoms with Gasteiger partial charge < -0.3 is 9.73 Å². The number of aryl methyl sites for hydroxylation is 2. The standard InChI is InChI=1S/C18H16ClN3O5/c1-11-4-5-12(9-14(11)19)20-17(23)3-2-8-21-15-7-6-13(22(25)26)10-16(15)27-18(21)24/h4-7,9-10H,2-3,8H2,1H3,(H,20,23). The van der Waals surface area contributed by atoms with Gasteiger partial charge in [0.25, 0.3) is 5.69 Å². The minimum Gasteiger partial charge on any atom is -0.407 e. The van der Waals surface area contributed by atoms with Crippen LogP contribution in [0.4, 0.5) is 11.4 Å². The van der Waals surface area contributed by atoms with Gasteiger partial charge in [0.1, 0.15) is 0 Å². The van der Waals surface area contributed by atoms with Crippen LogP contribution in [-0.2, 0) is 11.3 Å². The molecule has 0 saturated heterocycles. The molecule has 0 aliphatic carbocycles. The van der Waals surface area contributed by atoms with Crippen LogP contribution in [0.3, 0.4) is 0 Å². The molecule has 9 heteroatoms. The number of nitro benzene ring substituents is 1. The van der Waals surface area contributed by atoms with Gasteiger partial charge in [0.05, 0.1) is 16.5 Å². The molecule has 1 N–H and O–H groups in total. The highest BCUT2D eigenvalue weighted by Crippen LogP contribution is 2.21. The SMILES string of the molecule is Cc1ccc(NC(=O)CCCn2c(=O)oc3cc([N+](=O)[O-])ccc32)cc1Cl. The molecule has 0 bridgehead atoms. The lowest BCUT2D eigenvalue weighted by Crippen LogP contribution is -2.17. The summed E-state index contributed by atoms with van der Waals surface area (Å²) in [5.41, 5.74) is 1.97. The predicted octanol–water partition coefficient (Wildman–Crippen LogP) is 3.88. The van der Waals surface area contributed by atoms with Gasteiger partial charge in [-0.3, -0.25) is 19.5 Å². The zero-order chi connectivity index (χ0) is 19.6. The summed E-state index contributed by atoms with van der Waals surface area (Å²) >= 11 is 6.03. The normalized spacial score (nSPS) is 10.9. The molecule has 3 rings (SSSR count). The zero-order valence-corrected chi connectivity index (χ0v) is 15.2. The van der Waals surface area contributed by atoms with E-state index in [1.54, 1.807) is 12.1 Å². The molecule has 3 aromatic rings. The van der Waals surface area contributed by atoms with E-state index in [0.717, 1.165) is 5.56 Å². The number of anilines is 1. The number of carbonyl (C=O) groups is 1. The number of nitrogens with one attached hydrogen (secondary N) is 1. The number of carbonyl (C=O) groups excluding carboxylic acids is 1. The molecule has 0 spiro atoms. The van der Waals surface area contributed by atoms with Gasteiger partial charge in [0.15, 0.2) is 5.58 Å². The Morgan fingerprint density at radius 2 is 2.07 bits per heavy atom. The Bertz CT molecular complexity index is 1090. The molecule has 1 aromatic heterocycles. The number of fused-ring (bicyclic) bond motifs is 1. The van der Waals surface area contributed by atoms with Crippen molar-refractivity contribution in [3.8, 4) is 0 Å². The summed E-state index contributed by atoms with van der Waals surface area (Å²) in [5.74, 6) is -0.817. The van der Waals surface area contributed by atoms with E-state index in [-0.39, 0.29) is 30.1 Å². The summed E-state index contributed by atoms with van der Waals surface area (Å²) in [7, 11) is 0. The number of nitro groups is 1. The molecule has 8 nitrogen and oxygen atoms in total. The van der Waals surface area contributed by atoms with Crippen LogP contribution in [0.15, 0.2) is 45.6 Å². The summed E-state index contributed by atoms with van der Waals surface area (Å²) in [5, 5.41) is 14.1. The van der Waals surface area contributed by atoms with E-state index in [1.807, 2.05) is 13.0 Å². The van der Waals surface area contributed by atoms with E-state index in [9.17, 15) is 19.7 Å². The first kappa shape index (κ1) is 18.7. The van der Waals surface area contributed by atoms with Gasteiger partial charge in [-0.1, -0.05) is 17.7 Å². The van der Waals surface area contributed by atoms with Gasteiger partial charge in [0.2, 0.25) is 5.91 Å². The van der Waals surface area contributed by atoms with Crippen molar-refractivity contribution in [3.05, 3.63) is 67.6 Å². The van der Waals surface area contributed by atoms with Gasteiger partial charge in [0, 0.05) is 29.7 Å². The summed E-state index contributed by atoms with van der Waals surface area (Å²) in [4.78, 5) is 34.3. The number of hydrogen-bond donors (Lipinski definition) is 1. The maximum absolute atomic E-state index is 12.1. The number of amides is 1. The van der Waals surface area contributed by atoms with Gasteiger partial charge in [-0.25, -0.2) is 4.79 Å². The fraction of sp³-hybridized carbons (Fsp3) is 0.222. The second kappa shape index (κ2) is 7.63. The number of aromatic nitrogens is 1. The molecule has 0 unspecified atom stereocenters. The summed E-state index contributed by atoms with van der Waals surface area (Å²) in [6, 6.07) is 9.24. The number of non-ortho nitro benzene ring substituents is 1. The van der Waals surface area contributed by atoms with E-state index in [2.05, 4.69) is 5.32 Å². The van der Waals surface area contributed by atoms with Gasteiger partial charge in [-0.2, -0.15) is 0 Å². The maximum Gasteiger partial charge on any atom is 0.419 e. The Morgan fingerprint density at radius 3 is 2.78 bits per heavy atom. The molecule has 2 aromatic carbocycles. The van der Waals surface area contributed by atoms with Gasteiger partial charge in [-0.15, -0.1) is 0 Å². The van der Waals surface area contributed by atoms with Crippen LogP contribution in [-0.4, -0.2) is 15.4 Å². The first-order valence-corrected chi connectivity index (χ1v) is 8.57. The molecule has 140 valence electrons. The number of oxazole rings is 1. The van der Waals surface area contributed by atoms with Crippen LogP contribution in [0.25, 0.3) is 11.1 Å². The van der Waals surface area contributed by atoms with E-state index in [0.29, 0.717) is 22.6 Å². The third kappa shape index (κ3) is 4.17. The van der Waals surface area contributed by atoms with Crippen molar-refractivity contribution >= 4 is 40.0 Å². The largest absolute Gasteiger partial charge is 0.419 e. The molecule has 0 fully saturated rings. The van der Waals surface area contributed by atoms with E-state index < -0.39 is 10.7 Å². The highest BCUT2D eigenvalue weighted by molar-refractivity contribution is 6.31. The molecule has 1 amide bonds. The van der Waals surface area contributed by atoms with Crippen LogP contribution >= 0.6 is 11.6 Å². The minimum atomic E-state index is -0.615. The Morgan fingerprint density at radius 1 is 1.30 bits per heavy atom. The van der Waals surface area contributed by atoms with Crippen LogP contribution in [0.5, 0.6) is 0 Å². The van der Waals surface area contributed by atoms with E-state index >= 15 is 0 Å². The Hall–Kier alpha value is -3.13. The van der Waals surface area contributed by atoms with Crippen LogP contribution in [0.2, 0.25) is 5.02 Å². The van der Waals surface area contributed by atoms with E-state index in [1.165, 1.54) is 22.8 Å². The second-order valence-electron chi connectivity index (χ2n) is 6.04. The molecular weight excluding hydrogens is 374 g/mol. The van der Waals surface area contributed by atoms with E-state index in [4.69, 9.17) is 16.0 Å². The lowest BCUT2D eigenvalue weighted by atomic mass is 10.2. The first-order chi connectivity index (χ1) is 12.8. The summed E-state index contributed by atoms with van der Waals surface area (Å²) < 4.78 is 6.41. The third-order valence-electron chi connectivity index (χ3n) is 4.10. The molecule has 0 aliphatic heterocycles. The lowest BCUT2D eigenvalue weighted by Gasteiger charge is -2.07. The van der Waals surface area contributed by atoms with Gasteiger partial charge in [-0.05, 0) is 37.1 Å². The maximum atomic E-state index is 12.1. The highest BCUT2D eigenvalue weighted by atomic mass is 35.5. The van der Waals surface area contributed by atoms with Crippen molar-refractivity contribution in [2.75, 3.05) is 5.32 Å². The quantitative estimate of drug-likeness (QED) is 0.508. The molecule has 0 saturated carbocycles. The van der Waals surface area contributed by atoms with Gasteiger partial charge >= 0.3 is 5.76 Å². The lowest BCUT2D eigenvalue weighted by molar-refractivity contribution is -0.384. The molecular formula is C18H16ClN3O5. The average Bonchev–Trinajstić information content (AvgIpc) is 2.93. The molecule has 0 aliphatic rings. The minimum absolute atomic E-state index is 0.146.